The van der Waals surface area contributed by atoms with Crippen LogP contribution in [0.25, 0.3) is 0 Å². The van der Waals surface area contributed by atoms with Crippen LogP contribution in [0.3, 0.4) is 0 Å². The normalized spacial score (nSPS) is 13.6. The summed E-state index contributed by atoms with van der Waals surface area (Å²) in [6.07, 6.45) is 2.25. The van der Waals surface area contributed by atoms with E-state index in [1.165, 1.54) is 17.1 Å². The number of carbonyl (C=O) groups excluding carboxylic acids is 1. The molecule has 0 heterocycles. The van der Waals surface area contributed by atoms with Crippen LogP contribution in [-0.4, -0.2) is 36.1 Å². The fourth-order valence-corrected chi connectivity index (χ4v) is 0.371. The molecule has 0 rings (SSSR count). The number of aliphatic hydroxyl groups is 1. The number of nitrogens with zero attached hydrogens (tertiary/aromatic N) is 1. The maximum absolute atomic E-state index is 10.8. The Kier molecular flexibility index (Phi) is 3.72. The largest absolute Gasteiger partial charge is 0.389 e. The SMILES string of the molecule is C[C@@H](O)C=CC(=O)N(C)C. The Labute approximate surface area is 61.0 Å². The van der Waals surface area contributed by atoms with Gasteiger partial charge in [0.25, 0.3) is 0 Å². The van der Waals surface area contributed by atoms with Crippen molar-refractivity contribution in [2.75, 3.05) is 14.1 Å². The predicted molar refractivity (Wildman–Crippen MR) is 39.5 cm³/mol. The first-order valence-electron chi connectivity index (χ1n) is 3.11. The molecule has 0 aliphatic heterocycles. The quantitative estimate of drug-likeness (QED) is 0.553. The van der Waals surface area contributed by atoms with Gasteiger partial charge in [0.2, 0.25) is 5.91 Å². The summed E-state index contributed by atoms with van der Waals surface area (Å²) in [6, 6.07) is 0. The van der Waals surface area contributed by atoms with Crippen molar-refractivity contribution >= 4 is 5.91 Å². The highest BCUT2D eigenvalue weighted by Crippen LogP contribution is 1.85. The average molecular weight is 143 g/mol. The Balaban J connectivity index is 3.79. The second kappa shape index (κ2) is 4.06. The lowest BCUT2D eigenvalue weighted by Gasteiger charge is -2.05. The van der Waals surface area contributed by atoms with Gasteiger partial charge in [0.15, 0.2) is 0 Å². The Bertz CT molecular complexity index is 139. The molecule has 0 saturated heterocycles. The van der Waals surface area contributed by atoms with Crippen LogP contribution < -0.4 is 0 Å². The highest BCUT2D eigenvalue weighted by atomic mass is 16.3. The monoisotopic (exact) mass is 143 g/mol. The standard InChI is InChI=1S/C7H13NO2/c1-6(9)4-5-7(10)8(2)3/h4-6,9H,1-3H3/t6-/m1/s1. The van der Waals surface area contributed by atoms with E-state index in [0.717, 1.165) is 0 Å². The van der Waals surface area contributed by atoms with Crippen LogP contribution in [0.2, 0.25) is 0 Å². The molecule has 0 bridgehead atoms. The van der Waals surface area contributed by atoms with Gasteiger partial charge in [-0.3, -0.25) is 4.79 Å². The van der Waals surface area contributed by atoms with E-state index >= 15 is 0 Å². The number of hydrogen-bond acceptors (Lipinski definition) is 2. The van der Waals surface area contributed by atoms with E-state index < -0.39 is 6.10 Å². The summed E-state index contributed by atoms with van der Waals surface area (Å²) in [6.45, 7) is 1.60. The zero-order valence-electron chi connectivity index (χ0n) is 6.53. The Hall–Kier alpha value is -0.830. The van der Waals surface area contributed by atoms with Crippen molar-refractivity contribution in [2.45, 2.75) is 13.0 Å². The van der Waals surface area contributed by atoms with E-state index in [1.54, 1.807) is 21.0 Å². The smallest absolute Gasteiger partial charge is 0.245 e. The van der Waals surface area contributed by atoms with Gasteiger partial charge in [-0.1, -0.05) is 6.08 Å². The minimum absolute atomic E-state index is 0.110. The molecule has 0 radical (unpaired) electrons. The molecule has 0 saturated carbocycles. The number of hydrogen-bond donors (Lipinski definition) is 1. The fraction of sp³-hybridized carbons (Fsp3) is 0.571. The molecule has 0 aliphatic rings. The maximum atomic E-state index is 10.8. The molecule has 58 valence electrons. The van der Waals surface area contributed by atoms with Gasteiger partial charge in [-0.25, -0.2) is 0 Å². The number of carbonyl (C=O) groups is 1. The highest BCUT2D eigenvalue weighted by Gasteiger charge is 1.96. The second-order valence-corrected chi connectivity index (χ2v) is 2.33. The lowest BCUT2D eigenvalue weighted by Crippen LogP contribution is -2.19. The van der Waals surface area contributed by atoms with Gasteiger partial charge in [-0.05, 0) is 6.92 Å². The number of likely N-dealkylation sites (N-methyl/N-ethyl adjacent to an activating group) is 1. The van der Waals surface area contributed by atoms with Crippen LogP contribution in [0.5, 0.6) is 0 Å². The Morgan fingerprint density at radius 3 is 2.40 bits per heavy atom. The van der Waals surface area contributed by atoms with E-state index in [0.29, 0.717) is 0 Å². The van der Waals surface area contributed by atoms with Crippen molar-refractivity contribution in [2.24, 2.45) is 0 Å². The first kappa shape index (κ1) is 9.17. The van der Waals surface area contributed by atoms with Gasteiger partial charge in [0.1, 0.15) is 0 Å². The summed E-state index contributed by atoms with van der Waals surface area (Å²) in [7, 11) is 3.32. The first-order chi connectivity index (χ1) is 4.54. The summed E-state index contributed by atoms with van der Waals surface area (Å²) < 4.78 is 0. The summed E-state index contributed by atoms with van der Waals surface area (Å²) in [4.78, 5) is 12.2. The minimum Gasteiger partial charge on any atom is -0.389 e. The van der Waals surface area contributed by atoms with Gasteiger partial charge in [0.05, 0.1) is 6.10 Å². The van der Waals surface area contributed by atoms with Crippen molar-refractivity contribution < 1.29 is 9.90 Å². The molecule has 0 aromatic heterocycles. The van der Waals surface area contributed by atoms with E-state index in [4.69, 9.17) is 5.11 Å². The van der Waals surface area contributed by atoms with E-state index in [9.17, 15) is 4.79 Å². The van der Waals surface area contributed by atoms with Crippen LogP contribution in [0.15, 0.2) is 12.2 Å². The van der Waals surface area contributed by atoms with E-state index in [2.05, 4.69) is 0 Å². The zero-order chi connectivity index (χ0) is 8.15. The molecular formula is C7H13NO2. The van der Waals surface area contributed by atoms with Crippen molar-refractivity contribution in [1.82, 2.24) is 4.90 Å². The molecule has 1 N–H and O–H groups in total. The molecule has 10 heavy (non-hydrogen) atoms. The molecule has 3 heteroatoms. The van der Waals surface area contributed by atoms with Crippen molar-refractivity contribution in [3.05, 3.63) is 12.2 Å². The second-order valence-electron chi connectivity index (χ2n) is 2.33. The number of rotatable bonds is 2. The molecule has 0 aromatic carbocycles. The number of aliphatic hydroxyl groups excluding tert-OH is 1. The van der Waals surface area contributed by atoms with Gasteiger partial charge in [0, 0.05) is 20.2 Å². The summed E-state index contributed by atoms with van der Waals surface area (Å²) in [5.74, 6) is -0.110. The number of amides is 1. The summed E-state index contributed by atoms with van der Waals surface area (Å²) in [5, 5.41) is 8.73. The maximum Gasteiger partial charge on any atom is 0.245 e. The van der Waals surface area contributed by atoms with Gasteiger partial charge in [-0.15, -0.1) is 0 Å². The third kappa shape index (κ3) is 4.09. The van der Waals surface area contributed by atoms with Crippen LogP contribution in [0, 0.1) is 0 Å². The van der Waals surface area contributed by atoms with Gasteiger partial charge in [-0.2, -0.15) is 0 Å². The first-order valence-corrected chi connectivity index (χ1v) is 3.11. The van der Waals surface area contributed by atoms with E-state index in [1.807, 2.05) is 0 Å². The molecule has 3 nitrogen and oxygen atoms in total. The van der Waals surface area contributed by atoms with Crippen molar-refractivity contribution in [1.29, 1.82) is 0 Å². The third-order valence-electron chi connectivity index (χ3n) is 0.958. The summed E-state index contributed by atoms with van der Waals surface area (Å²) >= 11 is 0. The van der Waals surface area contributed by atoms with Crippen LogP contribution in [0.4, 0.5) is 0 Å². The molecule has 1 amide bonds. The van der Waals surface area contributed by atoms with Gasteiger partial charge < -0.3 is 10.0 Å². The van der Waals surface area contributed by atoms with E-state index in [-0.39, 0.29) is 5.91 Å². The summed E-state index contributed by atoms with van der Waals surface area (Å²) in [5.41, 5.74) is 0. The minimum atomic E-state index is -0.552. The molecule has 0 fully saturated rings. The lowest BCUT2D eigenvalue weighted by molar-refractivity contribution is -0.123. The molecule has 0 spiro atoms. The fourth-order valence-electron chi connectivity index (χ4n) is 0.371. The molecule has 0 aliphatic carbocycles. The third-order valence-corrected chi connectivity index (χ3v) is 0.958. The Morgan fingerprint density at radius 2 is 2.10 bits per heavy atom. The molecule has 0 aromatic rings. The van der Waals surface area contributed by atoms with Crippen LogP contribution >= 0.6 is 0 Å². The molecule has 0 unspecified atom stereocenters. The highest BCUT2D eigenvalue weighted by molar-refractivity contribution is 5.87. The predicted octanol–water partition coefficient (Wildman–Crippen LogP) is 0.0116. The molecular weight excluding hydrogens is 130 g/mol. The topological polar surface area (TPSA) is 40.5 Å². The van der Waals surface area contributed by atoms with Gasteiger partial charge >= 0.3 is 0 Å². The van der Waals surface area contributed by atoms with Crippen molar-refractivity contribution in [3.8, 4) is 0 Å². The average Bonchev–Trinajstić information content (AvgIpc) is 1.82. The van der Waals surface area contributed by atoms with Crippen molar-refractivity contribution in [3.63, 3.8) is 0 Å². The van der Waals surface area contributed by atoms with Crippen LogP contribution in [0.1, 0.15) is 6.92 Å². The van der Waals surface area contributed by atoms with Crippen LogP contribution in [-0.2, 0) is 4.79 Å². The Morgan fingerprint density at radius 1 is 1.60 bits per heavy atom. The zero-order valence-corrected chi connectivity index (χ0v) is 6.53. The molecule has 1 atom stereocenters. The lowest BCUT2D eigenvalue weighted by atomic mass is 10.3.